The molecule has 3 rings (SSSR count). The molecule has 0 saturated carbocycles. The molecule has 32 heavy (non-hydrogen) atoms. The van der Waals surface area contributed by atoms with Gasteiger partial charge in [0.05, 0.1) is 11.9 Å². The normalized spacial score (nSPS) is 15.8. The molecule has 1 fully saturated rings. The molecular formula is C23H28F2N2O4S. The van der Waals surface area contributed by atoms with Crippen molar-refractivity contribution in [3.05, 3.63) is 65.7 Å². The Hall–Kier alpha value is -2.52. The monoisotopic (exact) mass is 466 g/mol. The summed E-state index contributed by atoms with van der Waals surface area (Å²) in [6, 6.07) is 13.0. The average molecular weight is 467 g/mol. The Morgan fingerprint density at radius 3 is 2.41 bits per heavy atom. The number of sulfonamides is 1. The van der Waals surface area contributed by atoms with Crippen molar-refractivity contribution >= 4 is 21.6 Å². The van der Waals surface area contributed by atoms with Gasteiger partial charge in [-0.05, 0) is 37.0 Å². The fourth-order valence-corrected chi connectivity index (χ4v) is 4.94. The molecule has 1 N–H and O–H groups in total. The molecule has 1 aliphatic heterocycles. The first-order chi connectivity index (χ1) is 15.2. The van der Waals surface area contributed by atoms with E-state index in [1.807, 2.05) is 18.2 Å². The predicted molar refractivity (Wildman–Crippen MR) is 119 cm³/mol. The summed E-state index contributed by atoms with van der Waals surface area (Å²) in [6.45, 7) is 1.71. The van der Waals surface area contributed by atoms with Crippen molar-refractivity contribution in [2.75, 3.05) is 36.9 Å². The summed E-state index contributed by atoms with van der Waals surface area (Å²) in [5, 5.41) is 2.99. The molecule has 174 valence electrons. The number of carbonyl (C=O) groups excluding carboxylic acids is 1. The fraction of sp³-hybridized carbons (Fsp3) is 0.435. The highest BCUT2D eigenvalue weighted by atomic mass is 32.2. The Balaban J connectivity index is 1.59. The first-order valence-electron chi connectivity index (χ1n) is 10.5. The lowest BCUT2D eigenvalue weighted by molar-refractivity contribution is -0.121. The van der Waals surface area contributed by atoms with Gasteiger partial charge in [0.15, 0.2) is 11.6 Å². The molecule has 0 atom stereocenters. The van der Waals surface area contributed by atoms with Gasteiger partial charge in [-0.2, -0.15) is 0 Å². The Morgan fingerprint density at radius 1 is 1.09 bits per heavy atom. The Labute approximate surface area is 187 Å². The number of rotatable bonds is 9. The maximum atomic E-state index is 13.6. The van der Waals surface area contributed by atoms with Gasteiger partial charge < -0.3 is 10.1 Å². The molecule has 1 amide bonds. The quantitative estimate of drug-likeness (QED) is 0.615. The van der Waals surface area contributed by atoms with Gasteiger partial charge in [0, 0.05) is 44.2 Å². The average Bonchev–Trinajstić information content (AvgIpc) is 2.78. The van der Waals surface area contributed by atoms with Crippen LogP contribution in [-0.4, -0.2) is 46.9 Å². The van der Waals surface area contributed by atoms with Crippen molar-refractivity contribution in [2.45, 2.75) is 31.1 Å². The Kier molecular flexibility index (Phi) is 7.84. The minimum absolute atomic E-state index is 0.0189. The van der Waals surface area contributed by atoms with Crippen LogP contribution in [0.1, 0.15) is 31.2 Å². The minimum atomic E-state index is -3.72. The first-order valence-corrected chi connectivity index (χ1v) is 12.4. The Morgan fingerprint density at radius 2 is 1.78 bits per heavy atom. The van der Waals surface area contributed by atoms with E-state index in [2.05, 4.69) is 17.4 Å². The number of hydrogen-bond donors (Lipinski definition) is 1. The van der Waals surface area contributed by atoms with Gasteiger partial charge in [0.1, 0.15) is 0 Å². The molecule has 2 aromatic carbocycles. The van der Waals surface area contributed by atoms with Crippen LogP contribution in [0.2, 0.25) is 0 Å². The summed E-state index contributed by atoms with van der Waals surface area (Å²) in [5.74, 6) is -2.37. The van der Waals surface area contributed by atoms with Crippen LogP contribution in [0.4, 0.5) is 14.5 Å². The lowest BCUT2D eigenvalue weighted by atomic mass is 9.74. The fourth-order valence-electron chi connectivity index (χ4n) is 3.99. The van der Waals surface area contributed by atoms with E-state index in [0.29, 0.717) is 19.8 Å². The molecule has 0 unspecified atom stereocenters. The van der Waals surface area contributed by atoms with Crippen LogP contribution < -0.4 is 9.62 Å². The van der Waals surface area contributed by atoms with Gasteiger partial charge in [-0.15, -0.1) is 0 Å². The van der Waals surface area contributed by atoms with Crippen LogP contribution in [0.5, 0.6) is 0 Å². The van der Waals surface area contributed by atoms with Crippen molar-refractivity contribution in [1.82, 2.24) is 5.32 Å². The van der Waals surface area contributed by atoms with Crippen LogP contribution in [0, 0.1) is 11.6 Å². The van der Waals surface area contributed by atoms with E-state index < -0.39 is 21.7 Å². The zero-order valence-electron chi connectivity index (χ0n) is 18.0. The van der Waals surface area contributed by atoms with E-state index in [4.69, 9.17) is 4.74 Å². The number of anilines is 1. The maximum Gasteiger partial charge on any atom is 0.232 e. The molecular weight excluding hydrogens is 438 g/mol. The van der Waals surface area contributed by atoms with Crippen molar-refractivity contribution in [3.8, 4) is 0 Å². The highest BCUT2D eigenvalue weighted by Gasteiger charge is 2.34. The Bertz CT molecular complexity index is 1030. The van der Waals surface area contributed by atoms with E-state index >= 15 is 0 Å². The number of benzene rings is 2. The minimum Gasteiger partial charge on any atom is -0.381 e. The highest BCUT2D eigenvalue weighted by Crippen LogP contribution is 2.34. The van der Waals surface area contributed by atoms with Crippen LogP contribution in [0.25, 0.3) is 0 Å². The molecule has 0 spiro atoms. The van der Waals surface area contributed by atoms with Gasteiger partial charge in [-0.25, -0.2) is 17.2 Å². The zero-order chi connectivity index (χ0) is 23.2. The summed E-state index contributed by atoms with van der Waals surface area (Å²) in [7, 11) is -3.72. The van der Waals surface area contributed by atoms with Crippen LogP contribution in [0.15, 0.2) is 48.5 Å². The van der Waals surface area contributed by atoms with Crippen molar-refractivity contribution in [2.24, 2.45) is 0 Å². The van der Waals surface area contributed by atoms with E-state index in [0.717, 1.165) is 41.1 Å². The summed E-state index contributed by atoms with van der Waals surface area (Å²) < 4.78 is 57.5. The van der Waals surface area contributed by atoms with Gasteiger partial charge in [-0.3, -0.25) is 9.10 Å². The summed E-state index contributed by atoms with van der Waals surface area (Å²) in [5.41, 5.74) is 0.988. The lowest BCUT2D eigenvalue weighted by Crippen LogP contribution is -2.44. The van der Waals surface area contributed by atoms with Gasteiger partial charge in [0.25, 0.3) is 0 Å². The number of ether oxygens (including phenoxy) is 1. The van der Waals surface area contributed by atoms with Crippen LogP contribution in [-0.2, 0) is 25.0 Å². The van der Waals surface area contributed by atoms with E-state index in [1.165, 1.54) is 6.07 Å². The topological polar surface area (TPSA) is 75.7 Å². The molecule has 1 heterocycles. The van der Waals surface area contributed by atoms with E-state index in [-0.39, 0.29) is 36.4 Å². The maximum absolute atomic E-state index is 13.6. The summed E-state index contributed by atoms with van der Waals surface area (Å²) in [4.78, 5) is 12.5. The molecule has 0 bridgehead atoms. The number of hydrogen-bond acceptors (Lipinski definition) is 4. The summed E-state index contributed by atoms with van der Waals surface area (Å²) in [6.07, 6.45) is 2.93. The van der Waals surface area contributed by atoms with Crippen molar-refractivity contribution in [3.63, 3.8) is 0 Å². The third-order valence-corrected chi connectivity index (χ3v) is 7.01. The smallest absolute Gasteiger partial charge is 0.232 e. The third kappa shape index (κ3) is 6.04. The SMILES string of the molecule is CS(=O)(=O)N(CCCC(=O)NCC1(c2ccccc2)CCOCC1)c1ccc(F)c(F)c1. The molecule has 0 radical (unpaired) electrons. The number of nitrogens with one attached hydrogen (secondary N) is 1. The van der Waals surface area contributed by atoms with E-state index in [1.54, 1.807) is 0 Å². The van der Waals surface area contributed by atoms with Crippen molar-refractivity contribution in [1.29, 1.82) is 0 Å². The number of carbonyl (C=O) groups is 1. The van der Waals surface area contributed by atoms with E-state index in [9.17, 15) is 22.0 Å². The standard InChI is InChI=1S/C23H28F2N2O4S/c1-32(29,30)27(19-9-10-20(24)21(25)16-19)13-5-8-22(28)26-17-23(11-14-31-15-12-23)18-6-3-2-4-7-18/h2-4,6-7,9-10,16H,5,8,11-15,17H2,1H3,(H,26,28). The third-order valence-electron chi connectivity index (χ3n) is 5.82. The lowest BCUT2D eigenvalue weighted by Gasteiger charge is -2.38. The highest BCUT2D eigenvalue weighted by molar-refractivity contribution is 7.92. The molecule has 0 aliphatic carbocycles. The largest absolute Gasteiger partial charge is 0.381 e. The number of amides is 1. The van der Waals surface area contributed by atoms with Gasteiger partial charge in [0.2, 0.25) is 15.9 Å². The number of halogens is 2. The second kappa shape index (κ2) is 10.4. The summed E-state index contributed by atoms with van der Waals surface area (Å²) >= 11 is 0. The molecule has 0 aromatic heterocycles. The zero-order valence-corrected chi connectivity index (χ0v) is 18.8. The second-order valence-corrected chi connectivity index (χ2v) is 9.98. The predicted octanol–water partition coefficient (Wildman–Crippen LogP) is 3.38. The van der Waals surface area contributed by atoms with Gasteiger partial charge in [-0.1, -0.05) is 30.3 Å². The van der Waals surface area contributed by atoms with Crippen molar-refractivity contribution < 1.29 is 26.7 Å². The number of nitrogens with zero attached hydrogens (tertiary/aromatic N) is 1. The molecule has 9 heteroatoms. The van der Waals surface area contributed by atoms with Crippen LogP contribution in [0.3, 0.4) is 0 Å². The molecule has 2 aromatic rings. The van der Waals surface area contributed by atoms with Crippen LogP contribution >= 0.6 is 0 Å². The first kappa shape index (κ1) is 24.1. The molecule has 6 nitrogen and oxygen atoms in total. The van der Waals surface area contributed by atoms with Gasteiger partial charge >= 0.3 is 0 Å². The second-order valence-electron chi connectivity index (χ2n) is 8.07. The molecule has 1 saturated heterocycles. The molecule has 1 aliphatic rings.